The monoisotopic (exact) mass is 279 g/mol. The number of nitrogens with zero attached hydrogens (tertiary/aromatic N) is 2. The quantitative estimate of drug-likeness (QED) is 0.794. The molecule has 1 fully saturated rings. The van der Waals surface area contributed by atoms with Crippen LogP contribution in [0.3, 0.4) is 0 Å². The predicted molar refractivity (Wildman–Crippen MR) is 82.0 cm³/mol. The Bertz CT molecular complexity index is 396. The molecule has 20 heavy (non-hydrogen) atoms. The third-order valence-corrected chi connectivity index (χ3v) is 4.10. The van der Waals surface area contributed by atoms with Gasteiger partial charge in [-0.2, -0.15) is 5.10 Å². The molecule has 0 aromatic carbocycles. The lowest BCUT2D eigenvalue weighted by atomic mass is 10.0. The average Bonchev–Trinajstić information content (AvgIpc) is 3.06. The zero-order chi connectivity index (χ0) is 14.4. The van der Waals surface area contributed by atoms with Crippen LogP contribution in [0.4, 0.5) is 0 Å². The van der Waals surface area contributed by atoms with Crippen molar-refractivity contribution >= 4 is 0 Å². The fourth-order valence-electron chi connectivity index (χ4n) is 2.92. The third-order valence-electron chi connectivity index (χ3n) is 4.10. The van der Waals surface area contributed by atoms with E-state index in [1.165, 1.54) is 30.7 Å². The Morgan fingerprint density at radius 1 is 1.50 bits per heavy atom. The van der Waals surface area contributed by atoms with Crippen LogP contribution >= 0.6 is 0 Å². The minimum Gasteiger partial charge on any atom is -0.378 e. The molecule has 2 rings (SSSR count). The highest BCUT2D eigenvalue weighted by molar-refractivity contribution is 5.11. The van der Waals surface area contributed by atoms with Crippen LogP contribution in [-0.4, -0.2) is 35.1 Å². The van der Waals surface area contributed by atoms with Crippen molar-refractivity contribution in [2.24, 2.45) is 7.05 Å². The Morgan fingerprint density at radius 3 is 2.95 bits per heavy atom. The molecule has 1 saturated heterocycles. The standard InChI is InChI=1S/C16H29N3O/c1-4-8-17-14(12-16-7-6-9-20-16)11-15-10-13(5-2)18-19(15)3/h10,14,16-17H,4-9,11-12H2,1-3H3. The van der Waals surface area contributed by atoms with E-state index in [-0.39, 0.29) is 0 Å². The van der Waals surface area contributed by atoms with E-state index in [9.17, 15) is 0 Å². The van der Waals surface area contributed by atoms with Crippen LogP contribution in [0.1, 0.15) is 50.9 Å². The van der Waals surface area contributed by atoms with Gasteiger partial charge in [0.2, 0.25) is 0 Å². The van der Waals surface area contributed by atoms with Crippen molar-refractivity contribution in [1.29, 1.82) is 0 Å². The highest BCUT2D eigenvalue weighted by Gasteiger charge is 2.21. The van der Waals surface area contributed by atoms with Crippen molar-refractivity contribution < 1.29 is 4.74 Å². The van der Waals surface area contributed by atoms with Crippen molar-refractivity contribution in [3.05, 3.63) is 17.5 Å². The van der Waals surface area contributed by atoms with E-state index in [0.29, 0.717) is 12.1 Å². The van der Waals surface area contributed by atoms with Gasteiger partial charge in [-0.15, -0.1) is 0 Å². The van der Waals surface area contributed by atoms with Crippen LogP contribution in [0.5, 0.6) is 0 Å². The molecule has 2 unspecified atom stereocenters. The summed E-state index contributed by atoms with van der Waals surface area (Å²) in [7, 11) is 2.05. The molecule has 1 aliphatic heterocycles. The first-order chi connectivity index (χ1) is 9.72. The Balaban J connectivity index is 1.95. The van der Waals surface area contributed by atoms with Gasteiger partial charge < -0.3 is 10.1 Å². The molecule has 1 aromatic rings. The fraction of sp³-hybridized carbons (Fsp3) is 0.812. The molecule has 0 amide bonds. The second-order valence-corrected chi connectivity index (χ2v) is 5.83. The molecule has 0 saturated carbocycles. The van der Waals surface area contributed by atoms with Crippen LogP contribution in [-0.2, 0) is 24.6 Å². The number of rotatable bonds is 8. The van der Waals surface area contributed by atoms with Crippen molar-refractivity contribution in [2.75, 3.05) is 13.2 Å². The summed E-state index contributed by atoms with van der Waals surface area (Å²) in [5.74, 6) is 0. The lowest BCUT2D eigenvalue weighted by Gasteiger charge is -2.21. The molecule has 4 nitrogen and oxygen atoms in total. The second kappa shape index (κ2) is 7.79. The molecule has 2 heterocycles. The summed E-state index contributed by atoms with van der Waals surface area (Å²) in [4.78, 5) is 0. The van der Waals surface area contributed by atoms with Crippen LogP contribution in [0, 0.1) is 0 Å². The number of nitrogens with one attached hydrogen (secondary N) is 1. The summed E-state index contributed by atoms with van der Waals surface area (Å²) in [6.45, 7) is 6.40. The Labute approximate surface area is 122 Å². The normalized spacial score (nSPS) is 20.4. The maximum atomic E-state index is 5.80. The maximum absolute atomic E-state index is 5.80. The van der Waals surface area contributed by atoms with Crippen molar-refractivity contribution in [2.45, 2.75) is 64.5 Å². The summed E-state index contributed by atoms with van der Waals surface area (Å²) in [5.41, 5.74) is 2.52. The number of ether oxygens (including phenoxy) is 1. The van der Waals surface area contributed by atoms with E-state index in [1.54, 1.807) is 0 Å². The molecule has 0 spiro atoms. The summed E-state index contributed by atoms with van der Waals surface area (Å²) in [5, 5.41) is 8.23. The van der Waals surface area contributed by atoms with Gasteiger partial charge in [0, 0.05) is 31.8 Å². The first kappa shape index (κ1) is 15.5. The summed E-state index contributed by atoms with van der Waals surface area (Å²) in [6.07, 6.45) is 7.23. The largest absolute Gasteiger partial charge is 0.378 e. The Morgan fingerprint density at radius 2 is 2.35 bits per heavy atom. The van der Waals surface area contributed by atoms with E-state index < -0.39 is 0 Å². The third kappa shape index (κ3) is 4.32. The first-order valence-electron chi connectivity index (χ1n) is 8.09. The second-order valence-electron chi connectivity index (χ2n) is 5.83. The maximum Gasteiger partial charge on any atom is 0.0624 e. The Hall–Kier alpha value is -0.870. The van der Waals surface area contributed by atoms with E-state index in [4.69, 9.17) is 4.74 Å². The molecule has 4 heteroatoms. The Kier molecular flexibility index (Phi) is 6.05. The molecule has 0 radical (unpaired) electrons. The molecule has 114 valence electrons. The van der Waals surface area contributed by atoms with Gasteiger partial charge in [0.15, 0.2) is 0 Å². The first-order valence-corrected chi connectivity index (χ1v) is 8.09. The van der Waals surface area contributed by atoms with Gasteiger partial charge in [-0.05, 0) is 44.7 Å². The molecule has 2 atom stereocenters. The highest BCUT2D eigenvalue weighted by Crippen LogP contribution is 2.19. The van der Waals surface area contributed by atoms with Crippen LogP contribution in [0.15, 0.2) is 6.07 Å². The van der Waals surface area contributed by atoms with Gasteiger partial charge in [-0.1, -0.05) is 13.8 Å². The molecule has 1 N–H and O–H groups in total. The van der Waals surface area contributed by atoms with Gasteiger partial charge >= 0.3 is 0 Å². The predicted octanol–water partition coefficient (Wildman–Crippen LogP) is 2.46. The van der Waals surface area contributed by atoms with Crippen molar-refractivity contribution in [3.63, 3.8) is 0 Å². The SMILES string of the molecule is CCCNC(Cc1cc(CC)nn1C)CC1CCCO1. The van der Waals surface area contributed by atoms with E-state index in [0.717, 1.165) is 32.4 Å². The molecular formula is C16H29N3O. The van der Waals surface area contributed by atoms with Gasteiger partial charge in [-0.3, -0.25) is 4.68 Å². The van der Waals surface area contributed by atoms with E-state index >= 15 is 0 Å². The number of aryl methyl sites for hydroxylation is 2. The van der Waals surface area contributed by atoms with Crippen LogP contribution in [0.25, 0.3) is 0 Å². The minimum absolute atomic E-state index is 0.447. The summed E-state index contributed by atoms with van der Waals surface area (Å²) < 4.78 is 7.83. The number of hydrogen-bond donors (Lipinski definition) is 1. The smallest absolute Gasteiger partial charge is 0.0624 e. The summed E-state index contributed by atoms with van der Waals surface area (Å²) in [6, 6.07) is 2.74. The zero-order valence-corrected chi connectivity index (χ0v) is 13.2. The molecular weight excluding hydrogens is 250 g/mol. The highest BCUT2D eigenvalue weighted by atomic mass is 16.5. The molecule has 0 bridgehead atoms. The van der Waals surface area contributed by atoms with Crippen LogP contribution in [0.2, 0.25) is 0 Å². The molecule has 1 aromatic heterocycles. The van der Waals surface area contributed by atoms with Gasteiger partial charge in [0.25, 0.3) is 0 Å². The van der Waals surface area contributed by atoms with Crippen molar-refractivity contribution in [3.8, 4) is 0 Å². The van der Waals surface area contributed by atoms with Gasteiger partial charge in [-0.25, -0.2) is 0 Å². The van der Waals surface area contributed by atoms with Gasteiger partial charge in [0.1, 0.15) is 0 Å². The minimum atomic E-state index is 0.447. The van der Waals surface area contributed by atoms with E-state index in [1.807, 2.05) is 4.68 Å². The lowest BCUT2D eigenvalue weighted by Crippen LogP contribution is -2.35. The zero-order valence-electron chi connectivity index (χ0n) is 13.2. The van der Waals surface area contributed by atoms with Gasteiger partial charge in [0.05, 0.1) is 11.8 Å². The molecule has 0 aliphatic carbocycles. The fourth-order valence-corrected chi connectivity index (χ4v) is 2.92. The topological polar surface area (TPSA) is 39.1 Å². The van der Waals surface area contributed by atoms with E-state index in [2.05, 4.69) is 37.4 Å². The number of aromatic nitrogens is 2. The summed E-state index contributed by atoms with van der Waals surface area (Å²) >= 11 is 0. The average molecular weight is 279 g/mol. The lowest BCUT2D eigenvalue weighted by molar-refractivity contribution is 0.0944. The van der Waals surface area contributed by atoms with Crippen molar-refractivity contribution in [1.82, 2.24) is 15.1 Å². The number of hydrogen-bond acceptors (Lipinski definition) is 3. The molecule has 1 aliphatic rings. The van der Waals surface area contributed by atoms with Crippen LogP contribution < -0.4 is 5.32 Å².